The van der Waals surface area contributed by atoms with Crippen LogP contribution in [0.15, 0.2) is 18.2 Å². The predicted molar refractivity (Wildman–Crippen MR) is 89.0 cm³/mol. The number of nitrogens with two attached hydrogens (primary N) is 1. The molecule has 0 bridgehead atoms. The van der Waals surface area contributed by atoms with Crippen molar-refractivity contribution in [2.75, 3.05) is 6.61 Å². The number of aliphatic hydroxyl groups excluding tert-OH is 1. The lowest BCUT2D eigenvalue weighted by Gasteiger charge is -2.23. The van der Waals surface area contributed by atoms with Crippen LogP contribution in [0.3, 0.4) is 0 Å². The van der Waals surface area contributed by atoms with Crippen molar-refractivity contribution >= 4 is 0 Å². The minimum atomic E-state index is -0.445. The summed E-state index contributed by atoms with van der Waals surface area (Å²) in [5.41, 5.74) is 8.39. The molecule has 120 valence electrons. The molecule has 0 heterocycles. The van der Waals surface area contributed by atoms with E-state index in [9.17, 15) is 5.11 Å². The summed E-state index contributed by atoms with van der Waals surface area (Å²) in [6.45, 7) is 11.2. The molecule has 1 aromatic carbocycles. The Balaban J connectivity index is 2.90. The molecule has 1 aromatic rings. The van der Waals surface area contributed by atoms with Gasteiger partial charge in [-0.05, 0) is 48.8 Å². The van der Waals surface area contributed by atoms with E-state index in [0.29, 0.717) is 18.9 Å². The minimum Gasteiger partial charge on any atom is -0.494 e. The van der Waals surface area contributed by atoms with E-state index in [1.165, 1.54) is 11.1 Å². The first-order chi connectivity index (χ1) is 9.90. The second kappa shape index (κ2) is 8.40. The Morgan fingerprint density at radius 2 is 1.86 bits per heavy atom. The topological polar surface area (TPSA) is 55.5 Å². The van der Waals surface area contributed by atoms with Gasteiger partial charge in [-0.25, -0.2) is 0 Å². The average Bonchev–Trinajstić information content (AvgIpc) is 2.46. The van der Waals surface area contributed by atoms with Gasteiger partial charge in [-0.1, -0.05) is 39.8 Å². The summed E-state index contributed by atoms with van der Waals surface area (Å²) in [6.07, 6.45) is 1.05. The highest BCUT2D eigenvalue weighted by molar-refractivity contribution is 5.40. The van der Waals surface area contributed by atoms with Gasteiger partial charge >= 0.3 is 0 Å². The van der Waals surface area contributed by atoms with Crippen molar-refractivity contribution in [3.63, 3.8) is 0 Å². The van der Waals surface area contributed by atoms with Crippen LogP contribution in [0.5, 0.6) is 5.75 Å². The molecule has 0 amide bonds. The summed E-state index contributed by atoms with van der Waals surface area (Å²) in [7, 11) is 0. The molecular weight excluding hydrogens is 262 g/mol. The average molecular weight is 293 g/mol. The van der Waals surface area contributed by atoms with Crippen LogP contribution in [0.4, 0.5) is 0 Å². The number of ether oxygens (including phenoxy) is 1. The van der Waals surface area contributed by atoms with Gasteiger partial charge in [-0.3, -0.25) is 0 Å². The van der Waals surface area contributed by atoms with E-state index in [2.05, 4.69) is 39.0 Å². The number of benzene rings is 1. The molecule has 3 nitrogen and oxygen atoms in total. The van der Waals surface area contributed by atoms with Gasteiger partial charge in [-0.2, -0.15) is 0 Å². The Hall–Kier alpha value is -1.06. The second-order valence-corrected chi connectivity index (χ2v) is 6.16. The fraction of sp³-hybridized carbons (Fsp3) is 0.667. The van der Waals surface area contributed by atoms with Crippen LogP contribution in [-0.4, -0.2) is 23.9 Å². The first kappa shape index (κ1) is 18.0. The second-order valence-electron chi connectivity index (χ2n) is 6.16. The zero-order valence-corrected chi connectivity index (χ0v) is 14.1. The quantitative estimate of drug-likeness (QED) is 0.766. The molecule has 21 heavy (non-hydrogen) atoms. The molecule has 0 spiro atoms. The van der Waals surface area contributed by atoms with Gasteiger partial charge in [0.05, 0.1) is 12.7 Å². The summed E-state index contributed by atoms with van der Waals surface area (Å²) < 4.78 is 5.70. The molecule has 3 heteroatoms. The Kier molecular flexibility index (Phi) is 7.20. The van der Waals surface area contributed by atoms with Crippen molar-refractivity contribution in [1.82, 2.24) is 0 Å². The van der Waals surface area contributed by atoms with E-state index in [-0.39, 0.29) is 12.0 Å². The summed E-state index contributed by atoms with van der Waals surface area (Å²) in [6, 6.07) is 6.23. The molecule has 0 aliphatic carbocycles. The number of rotatable bonds is 8. The molecule has 0 aliphatic heterocycles. The SMILES string of the molecule is CCOc1ccc(C(C)CC(O)C(N)CC)cc1C(C)C. The van der Waals surface area contributed by atoms with E-state index in [1.54, 1.807) is 0 Å². The van der Waals surface area contributed by atoms with Crippen molar-refractivity contribution in [3.8, 4) is 5.75 Å². The van der Waals surface area contributed by atoms with Crippen molar-refractivity contribution in [3.05, 3.63) is 29.3 Å². The fourth-order valence-corrected chi connectivity index (χ4v) is 2.56. The van der Waals surface area contributed by atoms with Crippen LogP contribution in [-0.2, 0) is 0 Å². The number of aliphatic hydroxyl groups is 1. The third kappa shape index (κ3) is 5.01. The zero-order valence-electron chi connectivity index (χ0n) is 14.1. The molecule has 0 radical (unpaired) electrons. The van der Waals surface area contributed by atoms with Crippen molar-refractivity contribution < 1.29 is 9.84 Å². The van der Waals surface area contributed by atoms with E-state index in [1.807, 2.05) is 13.8 Å². The van der Waals surface area contributed by atoms with Gasteiger partial charge in [0.25, 0.3) is 0 Å². The molecule has 0 fully saturated rings. The Bertz CT molecular complexity index is 431. The first-order valence-electron chi connectivity index (χ1n) is 8.10. The highest BCUT2D eigenvalue weighted by atomic mass is 16.5. The summed E-state index contributed by atoms with van der Waals surface area (Å²) in [5, 5.41) is 10.1. The first-order valence-corrected chi connectivity index (χ1v) is 8.10. The third-order valence-electron chi connectivity index (χ3n) is 4.09. The summed E-state index contributed by atoms with van der Waals surface area (Å²) >= 11 is 0. The highest BCUT2D eigenvalue weighted by Crippen LogP contribution is 2.31. The molecule has 0 saturated heterocycles. The van der Waals surface area contributed by atoms with Crippen LogP contribution >= 0.6 is 0 Å². The minimum absolute atomic E-state index is 0.139. The molecular formula is C18H31NO2. The molecule has 0 saturated carbocycles. The standard InChI is InChI=1S/C18H31NO2/c1-6-16(19)17(20)10-13(5)14-8-9-18(21-7-2)15(11-14)12(3)4/h8-9,11-13,16-17,20H,6-7,10,19H2,1-5H3. The number of hydrogen-bond donors (Lipinski definition) is 2. The monoisotopic (exact) mass is 293 g/mol. The zero-order chi connectivity index (χ0) is 16.0. The maximum absolute atomic E-state index is 10.1. The third-order valence-corrected chi connectivity index (χ3v) is 4.09. The van der Waals surface area contributed by atoms with Crippen LogP contribution in [0.1, 0.15) is 70.4 Å². The van der Waals surface area contributed by atoms with E-state index in [4.69, 9.17) is 10.5 Å². The highest BCUT2D eigenvalue weighted by Gasteiger charge is 2.19. The van der Waals surface area contributed by atoms with Crippen LogP contribution < -0.4 is 10.5 Å². The van der Waals surface area contributed by atoms with Crippen LogP contribution in [0.25, 0.3) is 0 Å². The molecule has 1 rings (SSSR count). The van der Waals surface area contributed by atoms with E-state index in [0.717, 1.165) is 12.2 Å². The fourth-order valence-electron chi connectivity index (χ4n) is 2.56. The summed E-state index contributed by atoms with van der Waals surface area (Å²) in [5.74, 6) is 1.67. The van der Waals surface area contributed by atoms with E-state index >= 15 is 0 Å². The molecule has 3 unspecified atom stereocenters. The lowest BCUT2D eigenvalue weighted by atomic mass is 9.89. The van der Waals surface area contributed by atoms with Gasteiger partial charge in [0, 0.05) is 6.04 Å². The maximum Gasteiger partial charge on any atom is 0.122 e. The van der Waals surface area contributed by atoms with E-state index < -0.39 is 6.10 Å². The smallest absolute Gasteiger partial charge is 0.122 e. The Labute approximate surface area is 129 Å². The maximum atomic E-state index is 10.1. The Morgan fingerprint density at radius 1 is 1.19 bits per heavy atom. The van der Waals surface area contributed by atoms with Gasteiger partial charge in [-0.15, -0.1) is 0 Å². The van der Waals surface area contributed by atoms with Gasteiger partial charge in [0.15, 0.2) is 0 Å². The molecule has 3 atom stereocenters. The van der Waals surface area contributed by atoms with Crippen molar-refractivity contribution in [2.24, 2.45) is 5.73 Å². The van der Waals surface area contributed by atoms with Crippen molar-refractivity contribution in [1.29, 1.82) is 0 Å². The van der Waals surface area contributed by atoms with Gasteiger partial charge in [0.2, 0.25) is 0 Å². The Morgan fingerprint density at radius 3 is 2.38 bits per heavy atom. The summed E-state index contributed by atoms with van der Waals surface area (Å²) in [4.78, 5) is 0. The number of hydrogen-bond acceptors (Lipinski definition) is 3. The lowest BCUT2D eigenvalue weighted by molar-refractivity contribution is 0.126. The van der Waals surface area contributed by atoms with Crippen molar-refractivity contribution in [2.45, 2.75) is 71.4 Å². The largest absolute Gasteiger partial charge is 0.494 e. The lowest BCUT2D eigenvalue weighted by Crippen LogP contribution is -2.34. The molecule has 0 aliphatic rings. The molecule has 3 N–H and O–H groups in total. The van der Waals surface area contributed by atoms with Crippen LogP contribution in [0, 0.1) is 0 Å². The normalized spacial score (nSPS) is 15.8. The van der Waals surface area contributed by atoms with Crippen LogP contribution in [0.2, 0.25) is 0 Å². The van der Waals surface area contributed by atoms with Gasteiger partial charge in [0.1, 0.15) is 5.75 Å². The predicted octanol–water partition coefficient (Wildman–Crippen LogP) is 3.80. The molecule has 0 aromatic heterocycles. The van der Waals surface area contributed by atoms with Gasteiger partial charge < -0.3 is 15.6 Å².